The number of aromatic nitrogens is 2. The Morgan fingerprint density at radius 2 is 2.38 bits per heavy atom. The zero-order chi connectivity index (χ0) is 11.5. The van der Waals surface area contributed by atoms with Gasteiger partial charge >= 0.3 is 6.01 Å². The molecule has 2 heterocycles. The summed E-state index contributed by atoms with van der Waals surface area (Å²) in [5.41, 5.74) is 0.901. The first-order chi connectivity index (χ1) is 7.65. The van der Waals surface area contributed by atoms with Crippen LogP contribution in [0.1, 0.15) is 16.2 Å². The van der Waals surface area contributed by atoms with Gasteiger partial charge in [0.25, 0.3) is 5.91 Å². The molecule has 16 heavy (non-hydrogen) atoms. The van der Waals surface area contributed by atoms with Gasteiger partial charge in [-0.3, -0.25) is 15.1 Å². The molecule has 0 saturated heterocycles. The quantitative estimate of drug-likeness (QED) is 0.870. The smallest absolute Gasteiger partial charge is 0.301 e. The van der Waals surface area contributed by atoms with Crippen LogP contribution in [0.5, 0.6) is 0 Å². The van der Waals surface area contributed by atoms with Crippen molar-refractivity contribution in [3.8, 4) is 0 Å². The lowest BCUT2D eigenvalue weighted by atomic mass is 10.3. The van der Waals surface area contributed by atoms with Gasteiger partial charge in [-0.25, -0.2) is 0 Å². The third kappa shape index (κ3) is 2.38. The molecule has 0 aliphatic heterocycles. The normalized spacial score (nSPS) is 10.1. The van der Waals surface area contributed by atoms with Crippen molar-refractivity contribution >= 4 is 23.5 Å². The highest BCUT2D eigenvalue weighted by Gasteiger charge is 2.10. The number of hydrogen-bond acceptors (Lipinski definition) is 4. The molecule has 0 aromatic carbocycles. The van der Waals surface area contributed by atoms with Crippen molar-refractivity contribution in [2.45, 2.75) is 6.92 Å². The fourth-order valence-corrected chi connectivity index (χ4v) is 1.26. The van der Waals surface area contributed by atoms with Crippen molar-refractivity contribution < 1.29 is 9.21 Å². The van der Waals surface area contributed by atoms with Gasteiger partial charge in [-0.1, -0.05) is 11.6 Å². The second-order valence-corrected chi connectivity index (χ2v) is 3.54. The summed E-state index contributed by atoms with van der Waals surface area (Å²) >= 11 is 5.74. The van der Waals surface area contributed by atoms with Crippen LogP contribution >= 0.6 is 11.6 Å². The Bertz CT molecular complexity index is 524. The standard InChI is InChI=1S/C10H8ClN3O2/c1-6-5-16-10(13-6)14-9(15)8-4-7(11)2-3-12-8/h2-5H,1H3,(H,13,14,15). The first-order valence-electron chi connectivity index (χ1n) is 4.50. The van der Waals surface area contributed by atoms with Gasteiger partial charge in [0.1, 0.15) is 12.0 Å². The summed E-state index contributed by atoms with van der Waals surface area (Å²) in [5.74, 6) is -0.413. The molecule has 2 aromatic rings. The molecule has 0 bridgehead atoms. The fraction of sp³-hybridized carbons (Fsp3) is 0.100. The van der Waals surface area contributed by atoms with E-state index in [1.165, 1.54) is 18.5 Å². The molecule has 82 valence electrons. The Balaban J connectivity index is 2.14. The summed E-state index contributed by atoms with van der Waals surface area (Å²) < 4.78 is 4.98. The van der Waals surface area contributed by atoms with Gasteiger partial charge in [0, 0.05) is 11.2 Å². The summed E-state index contributed by atoms with van der Waals surface area (Å²) in [7, 11) is 0. The molecule has 6 heteroatoms. The van der Waals surface area contributed by atoms with E-state index in [1.807, 2.05) is 0 Å². The van der Waals surface area contributed by atoms with E-state index in [1.54, 1.807) is 13.0 Å². The molecule has 0 spiro atoms. The van der Waals surface area contributed by atoms with E-state index in [0.29, 0.717) is 10.7 Å². The highest BCUT2D eigenvalue weighted by Crippen LogP contribution is 2.11. The van der Waals surface area contributed by atoms with Crippen LogP contribution in [-0.4, -0.2) is 15.9 Å². The van der Waals surface area contributed by atoms with E-state index < -0.39 is 5.91 Å². The maximum absolute atomic E-state index is 11.6. The topological polar surface area (TPSA) is 68.0 Å². The average Bonchev–Trinajstić information content (AvgIpc) is 2.64. The van der Waals surface area contributed by atoms with Crippen molar-refractivity contribution in [3.63, 3.8) is 0 Å². The van der Waals surface area contributed by atoms with Crippen molar-refractivity contribution in [1.82, 2.24) is 9.97 Å². The van der Waals surface area contributed by atoms with Gasteiger partial charge in [-0.15, -0.1) is 0 Å². The van der Waals surface area contributed by atoms with Crippen LogP contribution in [0.4, 0.5) is 6.01 Å². The molecule has 0 radical (unpaired) electrons. The minimum Gasteiger partial charge on any atom is -0.432 e. The number of oxazole rings is 1. The summed E-state index contributed by atoms with van der Waals surface area (Å²) in [5, 5.41) is 2.92. The van der Waals surface area contributed by atoms with Crippen molar-refractivity contribution in [1.29, 1.82) is 0 Å². The molecule has 2 rings (SSSR count). The van der Waals surface area contributed by atoms with E-state index in [0.717, 1.165) is 0 Å². The molecule has 1 N–H and O–H groups in total. The van der Waals surface area contributed by atoms with Gasteiger partial charge in [-0.05, 0) is 19.1 Å². The van der Waals surface area contributed by atoms with Crippen LogP contribution < -0.4 is 5.32 Å². The maximum Gasteiger partial charge on any atom is 0.301 e. The maximum atomic E-state index is 11.6. The largest absolute Gasteiger partial charge is 0.432 e. The second kappa shape index (κ2) is 4.32. The zero-order valence-electron chi connectivity index (χ0n) is 8.40. The number of rotatable bonds is 2. The van der Waals surface area contributed by atoms with Crippen LogP contribution in [0.3, 0.4) is 0 Å². The Morgan fingerprint density at radius 1 is 1.56 bits per heavy atom. The average molecular weight is 238 g/mol. The molecule has 2 aromatic heterocycles. The minimum absolute atomic E-state index is 0.143. The summed E-state index contributed by atoms with van der Waals surface area (Å²) in [6, 6.07) is 3.20. The highest BCUT2D eigenvalue weighted by atomic mass is 35.5. The van der Waals surface area contributed by atoms with Gasteiger partial charge in [-0.2, -0.15) is 4.98 Å². The zero-order valence-corrected chi connectivity index (χ0v) is 9.15. The third-order valence-corrected chi connectivity index (χ3v) is 2.03. The molecule has 0 aliphatic carbocycles. The lowest BCUT2D eigenvalue weighted by Gasteiger charge is -1.99. The number of aryl methyl sites for hydroxylation is 1. The summed E-state index contributed by atoms with van der Waals surface area (Å²) in [6.07, 6.45) is 2.90. The Morgan fingerprint density at radius 3 is 3.00 bits per heavy atom. The molecule has 5 nitrogen and oxygen atoms in total. The Labute approximate surface area is 96.5 Å². The molecule has 0 saturated carbocycles. The first kappa shape index (κ1) is 10.6. The van der Waals surface area contributed by atoms with E-state index in [2.05, 4.69) is 15.3 Å². The minimum atomic E-state index is -0.413. The van der Waals surface area contributed by atoms with E-state index in [4.69, 9.17) is 16.0 Å². The summed E-state index contributed by atoms with van der Waals surface area (Å²) in [6.45, 7) is 1.76. The van der Waals surface area contributed by atoms with Gasteiger partial charge in [0.2, 0.25) is 0 Å². The number of nitrogens with zero attached hydrogens (tertiary/aromatic N) is 2. The van der Waals surface area contributed by atoms with Gasteiger partial charge < -0.3 is 4.42 Å². The highest BCUT2D eigenvalue weighted by molar-refractivity contribution is 6.30. The molecule has 0 unspecified atom stereocenters. The molecular weight excluding hydrogens is 230 g/mol. The number of hydrogen-bond donors (Lipinski definition) is 1. The van der Waals surface area contributed by atoms with Crippen molar-refractivity contribution in [2.75, 3.05) is 5.32 Å². The lowest BCUT2D eigenvalue weighted by molar-refractivity contribution is 0.101. The van der Waals surface area contributed by atoms with E-state index >= 15 is 0 Å². The van der Waals surface area contributed by atoms with Gasteiger partial charge in [0.15, 0.2) is 0 Å². The predicted molar refractivity (Wildman–Crippen MR) is 58.4 cm³/mol. The van der Waals surface area contributed by atoms with Crippen LogP contribution in [0.2, 0.25) is 5.02 Å². The fourth-order valence-electron chi connectivity index (χ4n) is 1.10. The van der Waals surface area contributed by atoms with Crippen LogP contribution in [-0.2, 0) is 0 Å². The second-order valence-electron chi connectivity index (χ2n) is 3.11. The number of pyridine rings is 1. The van der Waals surface area contributed by atoms with E-state index in [-0.39, 0.29) is 11.7 Å². The number of anilines is 1. The molecule has 1 amide bonds. The number of amides is 1. The number of halogens is 1. The first-order valence-corrected chi connectivity index (χ1v) is 4.88. The van der Waals surface area contributed by atoms with Gasteiger partial charge in [0.05, 0.1) is 5.69 Å². The molecule has 0 fully saturated rings. The SMILES string of the molecule is Cc1coc(NC(=O)c2cc(Cl)ccn2)n1. The monoisotopic (exact) mass is 237 g/mol. The Hall–Kier alpha value is -1.88. The van der Waals surface area contributed by atoms with Crippen molar-refractivity contribution in [3.05, 3.63) is 41.0 Å². The lowest BCUT2D eigenvalue weighted by Crippen LogP contribution is -2.13. The van der Waals surface area contributed by atoms with Crippen LogP contribution in [0, 0.1) is 6.92 Å². The van der Waals surface area contributed by atoms with Crippen LogP contribution in [0.25, 0.3) is 0 Å². The van der Waals surface area contributed by atoms with Crippen molar-refractivity contribution in [2.24, 2.45) is 0 Å². The van der Waals surface area contributed by atoms with Crippen LogP contribution in [0.15, 0.2) is 29.0 Å². The summed E-state index contributed by atoms with van der Waals surface area (Å²) in [4.78, 5) is 19.5. The molecular formula is C10H8ClN3O2. The van der Waals surface area contributed by atoms with E-state index in [9.17, 15) is 4.79 Å². The Kier molecular flexibility index (Phi) is 2.87. The number of carbonyl (C=O) groups excluding carboxylic acids is 1. The molecule has 0 aliphatic rings. The predicted octanol–water partition coefficient (Wildman–Crippen LogP) is 2.28. The number of carbonyl (C=O) groups is 1. The third-order valence-electron chi connectivity index (χ3n) is 1.79. The number of nitrogens with one attached hydrogen (secondary N) is 1. The molecule has 0 atom stereocenters.